The number of amides is 2. The van der Waals surface area contributed by atoms with Crippen LogP contribution in [0, 0.1) is 0 Å². The predicted octanol–water partition coefficient (Wildman–Crippen LogP) is 3.25. The van der Waals surface area contributed by atoms with Crippen LogP contribution in [0.25, 0.3) is 0 Å². The van der Waals surface area contributed by atoms with Crippen LogP contribution in [0.3, 0.4) is 0 Å². The summed E-state index contributed by atoms with van der Waals surface area (Å²) in [5, 5.41) is 20.8. The predicted molar refractivity (Wildman–Crippen MR) is 134 cm³/mol. The van der Waals surface area contributed by atoms with Gasteiger partial charge in [0.15, 0.2) is 0 Å². The maximum Gasteiger partial charge on any atom is 0.420 e. The molecule has 2 amide bonds. The van der Waals surface area contributed by atoms with Crippen LogP contribution in [0.2, 0.25) is 0 Å². The monoisotopic (exact) mass is 548 g/mol. The van der Waals surface area contributed by atoms with Crippen LogP contribution in [0.15, 0.2) is 61.5 Å². The van der Waals surface area contributed by atoms with Crippen molar-refractivity contribution in [3.8, 4) is 5.75 Å². The third-order valence-electron chi connectivity index (χ3n) is 4.71. The molecule has 3 rings (SSSR count). The Morgan fingerprint density at radius 2 is 1.95 bits per heavy atom. The number of aromatic hydroxyl groups is 1. The van der Waals surface area contributed by atoms with Crippen LogP contribution in [0.5, 0.6) is 5.75 Å². The third-order valence-corrected chi connectivity index (χ3v) is 5.89. The number of alkyl halides is 3. The van der Waals surface area contributed by atoms with Gasteiger partial charge in [-0.3, -0.25) is 9.59 Å². The second-order valence-corrected chi connectivity index (χ2v) is 8.70. The van der Waals surface area contributed by atoms with Crippen LogP contribution >= 0.6 is 11.3 Å². The number of thiazole rings is 1. The first-order chi connectivity index (χ1) is 18.0. The number of hydrogen-bond donors (Lipinski definition) is 5. The SMILES string of the molecule is C=C(/C=C/C(=O)NC(C)c1ncc(C(=O)Nc2cc(C(F)(F)F)c(O)cn2)s1)NCCNc1ccncn1. The molecular formula is C23H23F3N8O3S. The van der Waals surface area contributed by atoms with Crippen molar-refractivity contribution in [2.24, 2.45) is 0 Å². The molecule has 3 heterocycles. The van der Waals surface area contributed by atoms with Crippen molar-refractivity contribution in [3.63, 3.8) is 0 Å². The summed E-state index contributed by atoms with van der Waals surface area (Å²) < 4.78 is 38.9. The van der Waals surface area contributed by atoms with Crippen molar-refractivity contribution in [2.75, 3.05) is 23.7 Å². The van der Waals surface area contributed by atoms with E-state index in [1.165, 1.54) is 24.7 Å². The molecule has 0 bridgehead atoms. The molecule has 0 radical (unpaired) electrons. The molecule has 0 saturated heterocycles. The Bertz CT molecular complexity index is 1310. The van der Waals surface area contributed by atoms with Gasteiger partial charge in [-0.2, -0.15) is 13.2 Å². The highest BCUT2D eigenvalue weighted by molar-refractivity contribution is 7.13. The van der Waals surface area contributed by atoms with E-state index in [1.807, 2.05) is 0 Å². The van der Waals surface area contributed by atoms with Gasteiger partial charge in [0.2, 0.25) is 5.91 Å². The number of hydrogen-bond acceptors (Lipinski definition) is 10. The number of aromatic nitrogens is 4. The number of anilines is 2. The number of halogens is 3. The molecule has 38 heavy (non-hydrogen) atoms. The maximum atomic E-state index is 13.0. The average Bonchev–Trinajstić information content (AvgIpc) is 3.37. The maximum absolute atomic E-state index is 13.0. The van der Waals surface area contributed by atoms with E-state index in [0.717, 1.165) is 11.3 Å². The van der Waals surface area contributed by atoms with E-state index >= 15 is 0 Å². The molecule has 1 unspecified atom stereocenters. The molecule has 3 aromatic rings. The van der Waals surface area contributed by atoms with Crippen LogP contribution in [0.4, 0.5) is 24.8 Å². The number of nitrogens with zero attached hydrogens (tertiary/aromatic N) is 4. The van der Waals surface area contributed by atoms with Gasteiger partial charge in [-0.15, -0.1) is 11.3 Å². The van der Waals surface area contributed by atoms with E-state index in [0.29, 0.717) is 41.9 Å². The normalized spacial score (nSPS) is 12.1. The van der Waals surface area contributed by atoms with Gasteiger partial charge in [-0.1, -0.05) is 6.58 Å². The molecule has 0 saturated carbocycles. The Morgan fingerprint density at radius 3 is 2.66 bits per heavy atom. The number of carbonyl (C=O) groups excluding carboxylic acids is 2. The summed E-state index contributed by atoms with van der Waals surface area (Å²) in [5.41, 5.74) is -0.809. The smallest absolute Gasteiger partial charge is 0.420 e. The van der Waals surface area contributed by atoms with Crippen molar-refractivity contribution >= 4 is 34.8 Å². The van der Waals surface area contributed by atoms with Crippen LogP contribution in [0.1, 0.15) is 33.2 Å². The summed E-state index contributed by atoms with van der Waals surface area (Å²) in [6, 6.07) is 1.71. The minimum absolute atomic E-state index is 0.0910. The largest absolute Gasteiger partial charge is 0.506 e. The number of allylic oxidation sites excluding steroid dienone is 1. The Kier molecular flexibility index (Phi) is 9.32. The van der Waals surface area contributed by atoms with Gasteiger partial charge in [-0.25, -0.2) is 19.9 Å². The van der Waals surface area contributed by atoms with E-state index < -0.39 is 35.3 Å². The second-order valence-electron chi connectivity index (χ2n) is 7.64. The molecular weight excluding hydrogens is 525 g/mol. The number of carbonyl (C=O) groups is 2. The van der Waals surface area contributed by atoms with Crippen molar-refractivity contribution in [1.29, 1.82) is 0 Å². The molecule has 5 N–H and O–H groups in total. The molecule has 15 heteroatoms. The summed E-state index contributed by atoms with van der Waals surface area (Å²) >= 11 is 0.952. The van der Waals surface area contributed by atoms with E-state index in [-0.39, 0.29) is 10.7 Å². The molecule has 0 fully saturated rings. The number of nitrogens with one attached hydrogen (secondary N) is 4. The average molecular weight is 549 g/mol. The molecule has 0 aliphatic rings. The second kappa shape index (κ2) is 12.6. The summed E-state index contributed by atoms with van der Waals surface area (Å²) in [6.45, 7) is 6.59. The standard InChI is InChI=1S/C23H23F3N8O3S/c1-13(28-7-8-29-18-5-6-27-12-32-18)3-4-20(36)33-14(2)22-31-11-17(38-22)21(37)34-19-9-15(23(24,25)26)16(35)10-30-19/h3-6,9-12,14,28,35H,1,7-8H2,2H3,(H,33,36)(H,27,29,32)(H,30,34,37)/b4-3+. The first-order valence-electron chi connectivity index (χ1n) is 11.0. The zero-order chi connectivity index (χ0) is 27.7. The molecule has 0 aliphatic heterocycles. The van der Waals surface area contributed by atoms with Crippen molar-refractivity contribution in [1.82, 2.24) is 30.6 Å². The minimum Gasteiger partial charge on any atom is -0.506 e. The Morgan fingerprint density at radius 1 is 1.16 bits per heavy atom. The minimum atomic E-state index is -4.82. The lowest BCUT2D eigenvalue weighted by atomic mass is 10.2. The van der Waals surface area contributed by atoms with Crippen LogP contribution in [-0.2, 0) is 11.0 Å². The van der Waals surface area contributed by atoms with Gasteiger partial charge in [0.1, 0.15) is 39.2 Å². The topological polar surface area (TPSA) is 154 Å². The molecule has 0 aromatic carbocycles. The van der Waals surface area contributed by atoms with Gasteiger partial charge in [-0.05, 0) is 25.1 Å². The van der Waals surface area contributed by atoms with Gasteiger partial charge in [0.25, 0.3) is 5.91 Å². The highest BCUT2D eigenvalue weighted by Crippen LogP contribution is 2.36. The lowest BCUT2D eigenvalue weighted by Gasteiger charge is -2.10. The van der Waals surface area contributed by atoms with E-state index in [2.05, 4.69) is 47.8 Å². The third kappa shape index (κ3) is 8.26. The fourth-order valence-corrected chi connectivity index (χ4v) is 3.70. The van der Waals surface area contributed by atoms with Gasteiger partial charge in [0.05, 0.1) is 18.4 Å². The fourth-order valence-electron chi connectivity index (χ4n) is 2.88. The van der Waals surface area contributed by atoms with E-state index in [9.17, 15) is 27.9 Å². The molecule has 0 spiro atoms. The molecule has 3 aromatic heterocycles. The summed E-state index contributed by atoms with van der Waals surface area (Å²) in [5.74, 6) is -1.92. The van der Waals surface area contributed by atoms with Crippen LogP contribution < -0.4 is 21.3 Å². The number of pyridine rings is 1. The summed E-state index contributed by atoms with van der Waals surface area (Å²) in [6.07, 6.45) is 2.88. The highest BCUT2D eigenvalue weighted by Gasteiger charge is 2.34. The quantitative estimate of drug-likeness (QED) is 0.138. The fraction of sp³-hybridized carbons (Fsp3) is 0.217. The highest BCUT2D eigenvalue weighted by atomic mass is 32.1. The van der Waals surface area contributed by atoms with Crippen molar-refractivity contribution < 1.29 is 27.9 Å². The zero-order valence-corrected chi connectivity index (χ0v) is 20.7. The Labute approximate surface area is 219 Å². The van der Waals surface area contributed by atoms with Crippen molar-refractivity contribution in [2.45, 2.75) is 19.1 Å². The summed E-state index contributed by atoms with van der Waals surface area (Å²) in [4.78, 5) is 40.3. The number of rotatable bonds is 11. The van der Waals surface area contributed by atoms with Gasteiger partial charge in [0, 0.05) is 31.1 Å². The van der Waals surface area contributed by atoms with Crippen molar-refractivity contribution in [3.05, 3.63) is 76.9 Å². The summed E-state index contributed by atoms with van der Waals surface area (Å²) in [7, 11) is 0. The lowest BCUT2D eigenvalue weighted by Crippen LogP contribution is -2.25. The Balaban J connectivity index is 1.46. The van der Waals surface area contributed by atoms with Gasteiger partial charge >= 0.3 is 6.18 Å². The van der Waals surface area contributed by atoms with E-state index in [4.69, 9.17) is 0 Å². The first kappa shape index (κ1) is 28.0. The van der Waals surface area contributed by atoms with Gasteiger partial charge < -0.3 is 26.4 Å². The molecule has 200 valence electrons. The Hall–Kier alpha value is -4.53. The molecule has 0 aliphatic carbocycles. The first-order valence-corrected chi connectivity index (χ1v) is 11.8. The molecule has 1 atom stereocenters. The van der Waals surface area contributed by atoms with E-state index in [1.54, 1.807) is 19.2 Å². The lowest BCUT2D eigenvalue weighted by molar-refractivity contribution is -0.138. The zero-order valence-electron chi connectivity index (χ0n) is 19.9. The van der Waals surface area contributed by atoms with Crippen LogP contribution in [-0.4, -0.2) is 49.9 Å². The molecule has 11 nitrogen and oxygen atoms in total.